The van der Waals surface area contributed by atoms with E-state index in [9.17, 15) is 4.79 Å². The highest BCUT2D eigenvalue weighted by Gasteiger charge is 2.39. The van der Waals surface area contributed by atoms with Crippen molar-refractivity contribution in [1.29, 1.82) is 0 Å². The molecule has 19 heavy (non-hydrogen) atoms. The summed E-state index contributed by atoms with van der Waals surface area (Å²) in [5.74, 6) is 0.733. The number of amides is 1. The summed E-state index contributed by atoms with van der Waals surface area (Å²) in [5.41, 5.74) is 0.117. The molecule has 2 rings (SSSR count). The highest BCUT2D eigenvalue weighted by molar-refractivity contribution is 5.97. The monoisotopic (exact) mass is 263 g/mol. The fourth-order valence-electron chi connectivity index (χ4n) is 2.57. The van der Waals surface area contributed by atoms with Crippen molar-refractivity contribution in [3.63, 3.8) is 0 Å². The molecular formula is C15H21NO3. The van der Waals surface area contributed by atoms with Crippen LogP contribution in [-0.4, -0.2) is 25.7 Å². The largest absolute Gasteiger partial charge is 0.497 e. The number of nitrogens with one attached hydrogen (secondary N) is 1. The molecule has 1 saturated carbocycles. The van der Waals surface area contributed by atoms with Crippen molar-refractivity contribution in [3.8, 4) is 5.75 Å². The molecule has 0 unspecified atom stereocenters. The van der Waals surface area contributed by atoms with Crippen molar-refractivity contribution in [2.45, 2.75) is 37.7 Å². The Morgan fingerprint density at radius 2 is 1.74 bits per heavy atom. The molecule has 1 aliphatic carbocycles. The lowest BCUT2D eigenvalue weighted by molar-refractivity contribution is -0.141. The maximum atomic E-state index is 12.4. The van der Waals surface area contributed by atoms with Crippen molar-refractivity contribution in [2.75, 3.05) is 19.5 Å². The van der Waals surface area contributed by atoms with Gasteiger partial charge in [0.05, 0.1) is 7.11 Å². The van der Waals surface area contributed by atoms with Crippen LogP contribution in [0.25, 0.3) is 0 Å². The topological polar surface area (TPSA) is 47.6 Å². The Morgan fingerprint density at radius 3 is 2.26 bits per heavy atom. The molecule has 1 aliphatic rings. The van der Waals surface area contributed by atoms with Crippen LogP contribution in [0.2, 0.25) is 0 Å². The summed E-state index contributed by atoms with van der Waals surface area (Å²) in [5, 5.41) is 2.94. The minimum Gasteiger partial charge on any atom is -0.497 e. The normalized spacial score (nSPS) is 17.8. The molecule has 0 bridgehead atoms. The minimum atomic E-state index is -0.655. The lowest BCUT2D eigenvalue weighted by Crippen LogP contribution is -2.46. The molecule has 1 N–H and O–H groups in total. The number of hydrogen-bond donors (Lipinski definition) is 1. The number of hydrogen-bond acceptors (Lipinski definition) is 3. The van der Waals surface area contributed by atoms with Crippen LogP contribution in [0.3, 0.4) is 0 Å². The molecule has 104 valence electrons. The lowest BCUT2D eigenvalue weighted by Gasteiger charge is -2.34. The predicted octanol–water partition coefficient (Wildman–Crippen LogP) is 2.98. The highest BCUT2D eigenvalue weighted by atomic mass is 16.5. The molecule has 0 saturated heterocycles. The van der Waals surface area contributed by atoms with Crippen LogP contribution < -0.4 is 10.1 Å². The third kappa shape index (κ3) is 3.07. The van der Waals surface area contributed by atoms with Gasteiger partial charge in [0.25, 0.3) is 5.91 Å². The zero-order valence-electron chi connectivity index (χ0n) is 11.6. The quantitative estimate of drug-likeness (QED) is 0.908. The lowest BCUT2D eigenvalue weighted by atomic mass is 9.84. The van der Waals surface area contributed by atoms with E-state index in [0.717, 1.165) is 37.1 Å². The smallest absolute Gasteiger partial charge is 0.256 e. The molecule has 0 aliphatic heterocycles. The molecule has 0 atom stereocenters. The van der Waals surface area contributed by atoms with Crippen LogP contribution in [0.15, 0.2) is 24.3 Å². The summed E-state index contributed by atoms with van der Waals surface area (Å²) in [6, 6.07) is 7.33. The predicted molar refractivity (Wildman–Crippen MR) is 74.4 cm³/mol. The Hall–Kier alpha value is -1.55. The van der Waals surface area contributed by atoms with Crippen LogP contribution in [-0.2, 0) is 9.53 Å². The molecule has 1 aromatic carbocycles. The van der Waals surface area contributed by atoms with Crippen LogP contribution in [0.5, 0.6) is 5.75 Å². The average molecular weight is 263 g/mol. The molecular weight excluding hydrogens is 242 g/mol. The first kappa shape index (κ1) is 13.9. The molecule has 4 heteroatoms. The van der Waals surface area contributed by atoms with Gasteiger partial charge in [0.1, 0.15) is 11.4 Å². The summed E-state index contributed by atoms with van der Waals surface area (Å²) in [6.45, 7) is 0. The molecule has 1 amide bonds. The van der Waals surface area contributed by atoms with Gasteiger partial charge in [0, 0.05) is 12.8 Å². The molecule has 1 aromatic rings. The summed E-state index contributed by atoms with van der Waals surface area (Å²) < 4.78 is 10.6. The maximum Gasteiger partial charge on any atom is 0.256 e. The van der Waals surface area contributed by atoms with Crippen molar-refractivity contribution in [3.05, 3.63) is 24.3 Å². The van der Waals surface area contributed by atoms with Crippen LogP contribution >= 0.6 is 0 Å². The molecule has 0 spiro atoms. The second kappa shape index (κ2) is 6.06. The first-order valence-corrected chi connectivity index (χ1v) is 6.71. The van der Waals surface area contributed by atoms with E-state index in [-0.39, 0.29) is 5.91 Å². The number of methoxy groups -OCH3 is 2. The van der Waals surface area contributed by atoms with Crippen LogP contribution in [0.1, 0.15) is 32.1 Å². The second-order valence-electron chi connectivity index (χ2n) is 4.94. The van der Waals surface area contributed by atoms with E-state index in [0.29, 0.717) is 0 Å². The SMILES string of the molecule is COc1ccc(NC(=O)C2(OC)CCCCC2)cc1. The Bertz CT molecular complexity index is 422. The van der Waals surface area contributed by atoms with Gasteiger partial charge in [-0.3, -0.25) is 4.79 Å². The molecule has 0 radical (unpaired) electrons. The van der Waals surface area contributed by atoms with Gasteiger partial charge in [-0.2, -0.15) is 0 Å². The van der Waals surface area contributed by atoms with E-state index in [4.69, 9.17) is 9.47 Å². The second-order valence-corrected chi connectivity index (χ2v) is 4.94. The number of carbonyl (C=O) groups excluding carboxylic acids is 1. The summed E-state index contributed by atoms with van der Waals surface area (Å²) >= 11 is 0. The van der Waals surface area contributed by atoms with Crippen molar-refractivity contribution < 1.29 is 14.3 Å². The summed E-state index contributed by atoms with van der Waals surface area (Å²) in [4.78, 5) is 12.4. The third-order valence-corrected chi connectivity index (χ3v) is 3.81. The zero-order chi connectivity index (χ0) is 13.7. The van der Waals surface area contributed by atoms with Gasteiger partial charge in [-0.25, -0.2) is 0 Å². The third-order valence-electron chi connectivity index (χ3n) is 3.81. The Balaban J connectivity index is 2.05. The van der Waals surface area contributed by atoms with E-state index < -0.39 is 5.60 Å². The van der Waals surface area contributed by atoms with E-state index in [2.05, 4.69) is 5.32 Å². The first-order chi connectivity index (χ1) is 9.20. The van der Waals surface area contributed by atoms with Crippen molar-refractivity contribution >= 4 is 11.6 Å². The van der Waals surface area contributed by atoms with Crippen LogP contribution in [0, 0.1) is 0 Å². The first-order valence-electron chi connectivity index (χ1n) is 6.71. The van der Waals surface area contributed by atoms with Gasteiger partial charge < -0.3 is 14.8 Å². The molecule has 4 nitrogen and oxygen atoms in total. The molecule has 0 aromatic heterocycles. The Labute approximate surface area is 114 Å². The number of benzene rings is 1. The summed E-state index contributed by atoms with van der Waals surface area (Å²) in [7, 11) is 3.24. The zero-order valence-corrected chi connectivity index (χ0v) is 11.6. The van der Waals surface area contributed by atoms with E-state index in [1.54, 1.807) is 14.2 Å². The Kier molecular flexibility index (Phi) is 4.43. The van der Waals surface area contributed by atoms with Gasteiger partial charge in [0.15, 0.2) is 0 Å². The van der Waals surface area contributed by atoms with Crippen LogP contribution in [0.4, 0.5) is 5.69 Å². The average Bonchev–Trinajstić information content (AvgIpc) is 2.48. The number of anilines is 1. The number of rotatable bonds is 4. The molecule has 1 fully saturated rings. The summed E-state index contributed by atoms with van der Waals surface area (Å²) in [6.07, 6.45) is 4.87. The van der Waals surface area contributed by atoms with Crippen molar-refractivity contribution in [1.82, 2.24) is 0 Å². The van der Waals surface area contributed by atoms with Gasteiger partial charge in [-0.1, -0.05) is 19.3 Å². The van der Waals surface area contributed by atoms with Gasteiger partial charge >= 0.3 is 0 Å². The van der Waals surface area contributed by atoms with Gasteiger partial charge in [-0.15, -0.1) is 0 Å². The van der Waals surface area contributed by atoms with Gasteiger partial charge in [0.2, 0.25) is 0 Å². The minimum absolute atomic E-state index is 0.0418. The Morgan fingerprint density at radius 1 is 1.11 bits per heavy atom. The number of ether oxygens (including phenoxy) is 2. The number of carbonyl (C=O) groups is 1. The maximum absolute atomic E-state index is 12.4. The standard InChI is InChI=1S/C15H21NO3/c1-18-13-8-6-12(7-9-13)16-14(17)15(19-2)10-4-3-5-11-15/h6-9H,3-5,10-11H2,1-2H3,(H,16,17). The highest BCUT2D eigenvalue weighted by Crippen LogP contribution is 2.32. The molecule has 0 heterocycles. The van der Waals surface area contributed by atoms with E-state index in [1.807, 2.05) is 24.3 Å². The van der Waals surface area contributed by atoms with E-state index in [1.165, 1.54) is 6.42 Å². The van der Waals surface area contributed by atoms with E-state index >= 15 is 0 Å². The fraction of sp³-hybridized carbons (Fsp3) is 0.533. The fourth-order valence-corrected chi connectivity index (χ4v) is 2.57. The van der Waals surface area contributed by atoms with Crippen molar-refractivity contribution in [2.24, 2.45) is 0 Å². The van der Waals surface area contributed by atoms with Gasteiger partial charge in [-0.05, 0) is 37.1 Å².